The van der Waals surface area contributed by atoms with Gasteiger partial charge in [0, 0.05) is 12.1 Å². The van der Waals surface area contributed by atoms with Crippen molar-refractivity contribution >= 4 is 17.4 Å². The fourth-order valence-electron chi connectivity index (χ4n) is 2.01. The second-order valence-corrected chi connectivity index (χ2v) is 5.13. The molecule has 0 heterocycles. The zero-order valence-corrected chi connectivity index (χ0v) is 13.3. The quantitative estimate of drug-likeness (QED) is 0.795. The summed E-state index contributed by atoms with van der Waals surface area (Å²) in [5.41, 5.74) is 1.65. The molecule has 0 radical (unpaired) electrons. The molecule has 1 N–H and O–H groups in total. The van der Waals surface area contributed by atoms with Crippen molar-refractivity contribution in [2.24, 2.45) is 0 Å². The van der Waals surface area contributed by atoms with Gasteiger partial charge in [0.25, 0.3) is 0 Å². The lowest BCUT2D eigenvalue weighted by molar-refractivity contribution is 0.0991. The minimum absolute atomic E-state index is 0.0157. The summed E-state index contributed by atoms with van der Waals surface area (Å²) in [7, 11) is 3.17. The minimum atomic E-state index is -0.0157. The van der Waals surface area contributed by atoms with Crippen LogP contribution in [0.5, 0.6) is 11.5 Å². The molecule has 22 heavy (non-hydrogen) atoms. The highest BCUT2D eigenvalue weighted by Gasteiger charge is 2.09. The third-order valence-corrected chi connectivity index (χ3v) is 3.54. The third-order valence-electron chi connectivity index (χ3n) is 3.25. The molecule has 0 aromatic heterocycles. The van der Waals surface area contributed by atoms with Crippen molar-refractivity contribution in [2.45, 2.75) is 6.54 Å². The van der Waals surface area contributed by atoms with E-state index in [1.54, 1.807) is 32.4 Å². The van der Waals surface area contributed by atoms with Crippen LogP contribution in [0.1, 0.15) is 15.9 Å². The summed E-state index contributed by atoms with van der Waals surface area (Å²) in [4.78, 5) is 12.1. The normalized spacial score (nSPS) is 10.3. The number of methoxy groups -OCH3 is 2. The van der Waals surface area contributed by atoms with Crippen LogP contribution in [0.15, 0.2) is 42.5 Å². The smallest absolute Gasteiger partial charge is 0.176 e. The van der Waals surface area contributed by atoms with Gasteiger partial charge in [-0.2, -0.15) is 0 Å². The van der Waals surface area contributed by atoms with E-state index in [4.69, 9.17) is 21.1 Å². The second kappa shape index (κ2) is 7.82. The largest absolute Gasteiger partial charge is 0.497 e. The molecule has 2 aromatic carbocycles. The molecule has 4 nitrogen and oxygen atoms in total. The first-order valence-electron chi connectivity index (χ1n) is 6.84. The van der Waals surface area contributed by atoms with Crippen molar-refractivity contribution < 1.29 is 14.3 Å². The molecular weight excluding hydrogens is 302 g/mol. The summed E-state index contributed by atoms with van der Waals surface area (Å²) in [6, 6.07) is 12.7. The predicted molar refractivity (Wildman–Crippen MR) is 87.0 cm³/mol. The molecule has 0 saturated heterocycles. The Morgan fingerprint density at radius 3 is 2.41 bits per heavy atom. The van der Waals surface area contributed by atoms with Crippen molar-refractivity contribution in [2.75, 3.05) is 20.8 Å². The first kappa shape index (κ1) is 16.3. The first-order valence-corrected chi connectivity index (χ1v) is 7.22. The fraction of sp³-hybridized carbons (Fsp3) is 0.235. The molecule has 0 aliphatic heterocycles. The van der Waals surface area contributed by atoms with E-state index in [-0.39, 0.29) is 12.3 Å². The summed E-state index contributed by atoms with van der Waals surface area (Å²) < 4.78 is 10.2. The highest BCUT2D eigenvalue weighted by Crippen LogP contribution is 2.25. The molecule has 0 atom stereocenters. The Morgan fingerprint density at radius 1 is 1.09 bits per heavy atom. The summed E-state index contributed by atoms with van der Waals surface area (Å²) in [6.45, 7) is 0.855. The van der Waals surface area contributed by atoms with E-state index < -0.39 is 0 Å². The monoisotopic (exact) mass is 319 g/mol. The number of rotatable bonds is 7. The Labute approximate surface area is 135 Å². The minimum Gasteiger partial charge on any atom is -0.497 e. The number of ether oxygens (including phenoxy) is 2. The van der Waals surface area contributed by atoms with Crippen LogP contribution < -0.4 is 14.8 Å². The maximum Gasteiger partial charge on any atom is 0.176 e. The second-order valence-electron chi connectivity index (χ2n) is 4.72. The highest BCUT2D eigenvalue weighted by molar-refractivity contribution is 6.32. The number of carbonyl (C=O) groups is 1. The molecule has 5 heteroatoms. The van der Waals surface area contributed by atoms with Gasteiger partial charge >= 0.3 is 0 Å². The Kier molecular flexibility index (Phi) is 5.81. The Morgan fingerprint density at radius 2 is 1.82 bits per heavy atom. The number of halogens is 1. The topological polar surface area (TPSA) is 47.6 Å². The predicted octanol–water partition coefficient (Wildman–Crippen LogP) is 3.33. The van der Waals surface area contributed by atoms with Gasteiger partial charge in [-0.1, -0.05) is 23.7 Å². The van der Waals surface area contributed by atoms with E-state index in [1.807, 2.05) is 24.3 Å². The molecule has 0 unspecified atom stereocenters. The van der Waals surface area contributed by atoms with Gasteiger partial charge in [0.2, 0.25) is 0 Å². The van der Waals surface area contributed by atoms with Crippen LogP contribution >= 0.6 is 11.6 Å². The number of benzene rings is 2. The van der Waals surface area contributed by atoms with Crippen molar-refractivity contribution in [1.29, 1.82) is 0 Å². The number of carbonyl (C=O) groups excluding carboxylic acids is 1. The van der Waals surface area contributed by atoms with Gasteiger partial charge in [-0.3, -0.25) is 4.79 Å². The zero-order chi connectivity index (χ0) is 15.9. The molecule has 116 valence electrons. The zero-order valence-electron chi connectivity index (χ0n) is 12.6. The van der Waals surface area contributed by atoms with Gasteiger partial charge in [0.1, 0.15) is 11.5 Å². The SMILES string of the molecule is COc1ccc(CNCC(=O)c2ccc(OC)c(Cl)c2)cc1. The van der Waals surface area contributed by atoms with Crippen molar-refractivity contribution in [3.05, 3.63) is 58.6 Å². The summed E-state index contributed by atoms with van der Waals surface area (Å²) in [5.74, 6) is 1.36. The van der Waals surface area contributed by atoms with Gasteiger partial charge in [0.15, 0.2) is 5.78 Å². The lowest BCUT2D eigenvalue weighted by Crippen LogP contribution is -2.22. The Balaban J connectivity index is 1.88. The average molecular weight is 320 g/mol. The summed E-state index contributed by atoms with van der Waals surface area (Å²) >= 11 is 6.02. The fourth-order valence-corrected chi connectivity index (χ4v) is 2.26. The van der Waals surface area contributed by atoms with Gasteiger partial charge in [-0.15, -0.1) is 0 Å². The average Bonchev–Trinajstić information content (AvgIpc) is 2.55. The first-order chi connectivity index (χ1) is 10.6. The van der Waals surface area contributed by atoms with Crippen LogP contribution in [-0.2, 0) is 6.54 Å². The molecule has 0 aliphatic rings. The number of ketones is 1. The van der Waals surface area contributed by atoms with Crippen molar-refractivity contribution in [3.8, 4) is 11.5 Å². The van der Waals surface area contributed by atoms with E-state index in [2.05, 4.69) is 5.32 Å². The maximum atomic E-state index is 12.1. The van der Waals surface area contributed by atoms with Crippen LogP contribution in [-0.4, -0.2) is 26.5 Å². The third kappa shape index (κ3) is 4.23. The van der Waals surface area contributed by atoms with Gasteiger partial charge in [0.05, 0.1) is 25.8 Å². The Hall–Kier alpha value is -2.04. The standard InChI is InChI=1S/C17H18ClNO3/c1-21-14-6-3-12(4-7-14)10-19-11-16(20)13-5-8-17(22-2)15(18)9-13/h3-9,19H,10-11H2,1-2H3. The molecule has 0 amide bonds. The van der Waals surface area contributed by atoms with Gasteiger partial charge < -0.3 is 14.8 Å². The number of hydrogen-bond acceptors (Lipinski definition) is 4. The number of Topliss-reactive ketones (excluding diaryl/α,β-unsaturated/α-hetero) is 1. The van der Waals surface area contributed by atoms with Crippen LogP contribution in [0.2, 0.25) is 5.02 Å². The molecule has 2 rings (SSSR count). The lowest BCUT2D eigenvalue weighted by atomic mass is 10.1. The van der Waals surface area contributed by atoms with E-state index in [0.29, 0.717) is 22.9 Å². The lowest BCUT2D eigenvalue weighted by Gasteiger charge is -2.07. The molecular formula is C17H18ClNO3. The maximum absolute atomic E-state index is 12.1. The van der Waals surface area contributed by atoms with E-state index >= 15 is 0 Å². The summed E-state index contributed by atoms with van der Waals surface area (Å²) in [6.07, 6.45) is 0. The van der Waals surface area contributed by atoms with E-state index in [0.717, 1.165) is 11.3 Å². The molecule has 0 saturated carbocycles. The highest BCUT2D eigenvalue weighted by atomic mass is 35.5. The summed E-state index contributed by atoms with van der Waals surface area (Å²) in [5, 5.41) is 3.55. The van der Waals surface area contributed by atoms with Crippen LogP contribution in [0.4, 0.5) is 0 Å². The molecule has 0 spiro atoms. The number of nitrogens with one attached hydrogen (secondary N) is 1. The molecule has 0 fully saturated rings. The van der Waals surface area contributed by atoms with Gasteiger partial charge in [-0.25, -0.2) is 0 Å². The van der Waals surface area contributed by atoms with Gasteiger partial charge in [-0.05, 0) is 35.9 Å². The van der Waals surface area contributed by atoms with Crippen molar-refractivity contribution in [1.82, 2.24) is 5.32 Å². The van der Waals surface area contributed by atoms with Crippen LogP contribution in [0, 0.1) is 0 Å². The van der Waals surface area contributed by atoms with Crippen LogP contribution in [0.25, 0.3) is 0 Å². The van der Waals surface area contributed by atoms with Crippen LogP contribution in [0.3, 0.4) is 0 Å². The number of hydrogen-bond donors (Lipinski definition) is 1. The van der Waals surface area contributed by atoms with E-state index in [1.165, 1.54) is 0 Å². The van der Waals surface area contributed by atoms with Crippen molar-refractivity contribution in [3.63, 3.8) is 0 Å². The Bertz CT molecular complexity index is 641. The van der Waals surface area contributed by atoms with E-state index in [9.17, 15) is 4.79 Å². The molecule has 0 aliphatic carbocycles. The molecule has 2 aromatic rings. The molecule has 0 bridgehead atoms.